The Morgan fingerprint density at radius 3 is 2.20 bits per heavy atom. The van der Waals surface area contributed by atoms with Crippen molar-refractivity contribution in [2.75, 3.05) is 13.1 Å². The van der Waals surface area contributed by atoms with Gasteiger partial charge in [0.1, 0.15) is 0 Å². The Hall–Kier alpha value is -0.830. The third-order valence-electron chi connectivity index (χ3n) is 3.57. The zero-order valence-electron chi connectivity index (χ0n) is 13.4. The SMILES string of the molecule is C=CC(=O)N(CCCCCCCC)CCCCC(C)O. The minimum absolute atomic E-state index is 0.0376. The normalized spacial score (nSPS) is 12.2. The number of carbonyl (C=O) groups is 1. The monoisotopic (exact) mass is 283 g/mol. The van der Waals surface area contributed by atoms with Crippen molar-refractivity contribution in [3.05, 3.63) is 12.7 Å². The van der Waals surface area contributed by atoms with E-state index in [9.17, 15) is 9.90 Å². The fourth-order valence-electron chi connectivity index (χ4n) is 2.29. The van der Waals surface area contributed by atoms with Gasteiger partial charge in [-0.1, -0.05) is 45.6 Å². The van der Waals surface area contributed by atoms with E-state index in [0.29, 0.717) is 0 Å². The molecule has 0 spiro atoms. The zero-order valence-corrected chi connectivity index (χ0v) is 13.4. The summed E-state index contributed by atoms with van der Waals surface area (Å²) in [6.45, 7) is 9.23. The van der Waals surface area contributed by atoms with Gasteiger partial charge in [-0.3, -0.25) is 4.79 Å². The molecule has 0 aliphatic carbocycles. The molecule has 1 amide bonds. The number of aliphatic hydroxyl groups is 1. The maximum atomic E-state index is 11.8. The Morgan fingerprint density at radius 2 is 1.65 bits per heavy atom. The summed E-state index contributed by atoms with van der Waals surface area (Å²) < 4.78 is 0. The van der Waals surface area contributed by atoms with Crippen molar-refractivity contribution in [3.8, 4) is 0 Å². The van der Waals surface area contributed by atoms with Crippen LogP contribution in [0, 0.1) is 0 Å². The standard InChI is InChI=1S/C17H33NO2/c1-4-6-7-8-9-11-14-18(17(20)5-2)15-12-10-13-16(3)19/h5,16,19H,2,4,6-15H2,1,3H3. The second kappa shape index (κ2) is 13.2. The van der Waals surface area contributed by atoms with Gasteiger partial charge in [-0.15, -0.1) is 0 Å². The first-order valence-electron chi connectivity index (χ1n) is 8.21. The van der Waals surface area contributed by atoms with E-state index >= 15 is 0 Å². The van der Waals surface area contributed by atoms with Crippen LogP contribution in [0.25, 0.3) is 0 Å². The van der Waals surface area contributed by atoms with Crippen LogP contribution in [-0.2, 0) is 4.79 Å². The molecule has 1 atom stereocenters. The van der Waals surface area contributed by atoms with Crippen molar-refractivity contribution in [2.45, 2.75) is 77.7 Å². The molecular formula is C17H33NO2. The van der Waals surface area contributed by atoms with E-state index in [2.05, 4.69) is 13.5 Å². The smallest absolute Gasteiger partial charge is 0.245 e. The Morgan fingerprint density at radius 1 is 1.10 bits per heavy atom. The number of rotatable bonds is 13. The summed E-state index contributed by atoms with van der Waals surface area (Å²) in [6, 6.07) is 0. The predicted molar refractivity (Wildman–Crippen MR) is 85.7 cm³/mol. The van der Waals surface area contributed by atoms with Gasteiger partial charge in [0.25, 0.3) is 0 Å². The van der Waals surface area contributed by atoms with Gasteiger partial charge in [-0.25, -0.2) is 0 Å². The fraction of sp³-hybridized carbons (Fsp3) is 0.824. The summed E-state index contributed by atoms with van der Waals surface area (Å²) in [5.74, 6) is 0.0376. The van der Waals surface area contributed by atoms with Gasteiger partial charge >= 0.3 is 0 Å². The summed E-state index contributed by atoms with van der Waals surface area (Å²) in [7, 11) is 0. The summed E-state index contributed by atoms with van der Waals surface area (Å²) in [4.78, 5) is 13.7. The van der Waals surface area contributed by atoms with Crippen molar-refractivity contribution >= 4 is 5.91 Å². The molecule has 0 aliphatic rings. The van der Waals surface area contributed by atoms with E-state index in [1.165, 1.54) is 38.2 Å². The van der Waals surface area contributed by atoms with E-state index in [1.54, 1.807) is 0 Å². The maximum absolute atomic E-state index is 11.8. The van der Waals surface area contributed by atoms with Crippen LogP contribution in [0.2, 0.25) is 0 Å². The third kappa shape index (κ3) is 11.0. The highest BCUT2D eigenvalue weighted by Crippen LogP contribution is 2.08. The molecule has 1 N–H and O–H groups in total. The molecule has 0 fully saturated rings. The van der Waals surface area contributed by atoms with Gasteiger partial charge in [-0.05, 0) is 38.7 Å². The Labute approximate surface area is 125 Å². The van der Waals surface area contributed by atoms with E-state index < -0.39 is 0 Å². The Kier molecular flexibility index (Phi) is 12.6. The van der Waals surface area contributed by atoms with Crippen LogP contribution in [0.5, 0.6) is 0 Å². The summed E-state index contributed by atoms with van der Waals surface area (Å²) in [6.07, 6.45) is 11.4. The molecule has 0 bridgehead atoms. The number of carbonyl (C=O) groups excluding carboxylic acids is 1. The average Bonchev–Trinajstić information content (AvgIpc) is 2.43. The Bertz CT molecular complexity index is 251. The van der Waals surface area contributed by atoms with Crippen molar-refractivity contribution in [3.63, 3.8) is 0 Å². The largest absolute Gasteiger partial charge is 0.393 e. The maximum Gasteiger partial charge on any atom is 0.245 e. The van der Waals surface area contributed by atoms with Crippen molar-refractivity contribution < 1.29 is 9.90 Å². The molecule has 3 nitrogen and oxygen atoms in total. The van der Waals surface area contributed by atoms with Gasteiger partial charge in [-0.2, -0.15) is 0 Å². The number of hydrogen-bond donors (Lipinski definition) is 1. The molecule has 0 heterocycles. The molecular weight excluding hydrogens is 250 g/mol. The highest BCUT2D eigenvalue weighted by Gasteiger charge is 2.09. The molecule has 20 heavy (non-hydrogen) atoms. The zero-order chi connectivity index (χ0) is 15.2. The van der Waals surface area contributed by atoms with Gasteiger partial charge in [0.2, 0.25) is 5.91 Å². The van der Waals surface area contributed by atoms with E-state index in [0.717, 1.165) is 38.8 Å². The summed E-state index contributed by atoms with van der Waals surface area (Å²) in [5.41, 5.74) is 0. The first kappa shape index (κ1) is 19.2. The van der Waals surface area contributed by atoms with Gasteiger partial charge < -0.3 is 10.0 Å². The second-order valence-corrected chi connectivity index (χ2v) is 5.64. The van der Waals surface area contributed by atoms with E-state index in [1.807, 2.05) is 11.8 Å². The molecule has 118 valence electrons. The number of aliphatic hydroxyl groups excluding tert-OH is 1. The quantitative estimate of drug-likeness (QED) is 0.411. The van der Waals surface area contributed by atoms with Crippen LogP contribution in [0.4, 0.5) is 0 Å². The third-order valence-corrected chi connectivity index (χ3v) is 3.57. The van der Waals surface area contributed by atoms with Crippen molar-refractivity contribution in [1.29, 1.82) is 0 Å². The lowest BCUT2D eigenvalue weighted by atomic mass is 10.1. The highest BCUT2D eigenvalue weighted by molar-refractivity contribution is 5.86. The van der Waals surface area contributed by atoms with Crippen LogP contribution in [0.15, 0.2) is 12.7 Å². The molecule has 1 unspecified atom stereocenters. The molecule has 0 radical (unpaired) electrons. The molecule has 0 aliphatic heterocycles. The van der Waals surface area contributed by atoms with Crippen LogP contribution in [0.1, 0.15) is 71.6 Å². The van der Waals surface area contributed by atoms with Gasteiger partial charge in [0.15, 0.2) is 0 Å². The van der Waals surface area contributed by atoms with Crippen molar-refractivity contribution in [1.82, 2.24) is 4.90 Å². The number of amides is 1. The first-order valence-corrected chi connectivity index (χ1v) is 8.21. The number of unbranched alkanes of at least 4 members (excludes halogenated alkanes) is 6. The number of nitrogens with zero attached hydrogens (tertiary/aromatic N) is 1. The molecule has 0 saturated carbocycles. The van der Waals surface area contributed by atoms with Crippen molar-refractivity contribution in [2.24, 2.45) is 0 Å². The van der Waals surface area contributed by atoms with Crippen LogP contribution in [0.3, 0.4) is 0 Å². The molecule has 0 saturated heterocycles. The van der Waals surface area contributed by atoms with Crippen LogP contribution < -0.4 is 0 Å². The number of hydrogen-bond acceptors (Lipinski definition) is 2. The molecule has 0 rings (SSSR count). The summed E-state index contributed by atoms with van der Waals surface area (Å²) in [5, 5.41) is 9.22. The minimum atomic E-state index is -0.239. The van der Waals surface area contributed by atoms with Gasteiger partial charge in [0, 0.05) is 13.1 Å². The highest BCUT2D eigenvalue weighted by atomic mass is 16.3. The van der Waals surface area contributed by atoms with E-state index in [4.69, 9.17) is 0 Å². The Balaban J connectivity index is 3.79. The lowest BCUT2D eigenvalue weighted by Gasteiger charge is -2.21. The summed E-state index contributed by atoms with van der Waals surface area (Å²) >= 11 is 0. The van der Waals surface area contributed by atoms with Crippen LogP contribution >= 0.6 is 0 Å². The van der Waals surface area contributed by atoms with Gasteiger partial charge in [0.05, 0.1) is 6.10 Å². The topological polar surface area (TPSA) is 40.5 Å². The second-order valence-electron chi connectivity index (χ2n) is 5.64. The predicted octanol–water partition coefficient (Wildman–Crippen LogP) is 3.91. The molecule has 3 heteroatoms. The first-order chi connectivity index (χ1) is 9.61. The van der Waals surface area contributed by atoms with Crippen LogP contribution in [-0.4, -0.2) is 35.1 Å². The molecule has 0 aromatic heterocycles. The average molecular weight is 283 g/mol. The fourth-order valence-corrected chi connectivity index (χ4v) is 2.29. The minimum Gasteiger partial charge on any atom is -0.393 e. The molecule has 0 aromatic carbocycles. The lowest BCUT2D eigenvalue weighted by molar-refractivity contribution is -0.126. The van der Waals surface area contributed by atoms with E-state index in [-0.39, 0.29) is 12.0 Å². The lowest BCUT2D eigenvalue weighted by Crippen LogP contribution is -2.31. The molecule has 0 aromatic rings.